The van der Waals surface area contributed by atoms with E-state index in [2.05, 4.69) is 20.1 Å². The zero-order chi connectivity index (χ0) is 25.7. The molecule has 192 valence electrons. The summed E-state index contributed by atoms with van der Waals surface area (Å²) in [5.74, 6) is 0.227. The van der Waals surface area contributed by atoms with Gasteiger partial charge in [-0.15, -0.1) is 0 Å². The number of carbonyl (C=O) groups is 1. The number of halogens is 5. The van der Waals surface area contributed by atoms with Crippen molar-refractivity contribution < 1.29 is 31.5 Å². The maximum absolute atomic E-state index is 13.1. The van der Waals surface area contributed by atoms with Crippen LogP contribution in [-0.4, -0.2) is 63.8 Å². The summed E-state index contributed by atoms with van der Waals surface area (Å²) in [6, 6.07) is 1.76. The number of alkyl halides is 5. The van der Waals surface area contributed by atoms with Crippen LogP contribution in [0.1, 0.15) is 24.8 Å². The zero-order valence-corrected chi connectivity index (χ0v) is 19.2. The SMILES string of the molecule is COc1nc(N2CCC3(CC2)CC(=O)N(c2cc(C(F)(F)F)ccn2)C3)nc2c1cnn2CC(F)F. The first-order valence-electron chi connectivity index (χ1n) is 11.2. The van der Waals surface area contributed by atoms with Crippen molar-refractivity contribution in [3.05, 3.63) is 30.1 Å². The first-order chi connectivity index (χ1) is 17.1. The molecule has 0 bridgehead atoms. The lowest BCUT2D eigenvalue weighted by atomic mass is 9.77. The molecule has 0 atom stereocenters. The van der Waals surface area contributed by atoms with Crippen LogP contribution in [0.2, 0.25) is 0 Å². The fourth-order valence-corrected chi connectivity index (χ4v) is 4.84. The summed E-state index contributed by atoms with van der Waals surface area (Å²) in [6.45, 7) is 0.579. The third-order valence-corrected chi connectivity index (χ3v) is 6.73. The molecular formula is C22H22F5N7O2. The maximum Gasteiger partial charge on any atom is 0.416 e. The number of rotatable bonds is 5. The number of hydrogen-bond donors (Lipinski definition) is 0. The Morgan fingerprint density at radius 3 is 2.61 bits per heavy atom. The average molecular weight is 511 g/mol. The third kappa shape index (κ3) is 4.39. The number of hydrogen-bond acceptors (Lipinski definition) is 7. The van der Waals surface area contributed by atoms with Crippen molar-refractivity contribution in [1.82, 2.24) is 24.7 Å². The number of amides is 1. The summed E-state index contributed by atoms with van der Waals surface area (Å²) in [5, 5.41) is 4.39. The monoisotopic (exact) mass is 511 g/mol. The highest BCUT2D eigenvalue weighted by Gasteiger charge is 2.46. The van der Waals surface area contributed by atoms with Crippen LogP contribution in [-0.2, 0) is 17.5 Å². The van der Waals surface area contributed by atoms with Crippen molar-refractivity contribution in [2.75, 3.05) is 36.5 Å². The smallest absolute Gasteiger partial charge is 0.416 e. The average Bonchev–Trinajstić information content (AvgIpc) is 3.38. The molecule has 2 saturated heterocycles. The van der Waals surface area contributed by atoms with Gasteiger partial charge in [0.25, 0.3) is 6.43 Å². The van der Waals surface area contributed by atoms with Gasteiger partial charge in [-0.2, -0.15) is 28.2 Å². The van der Waals surface area contributed by atoms with Gasteiger partial charge in [-0.1, -0.05) is 0 Å². The molecule has 0 N–H and O–H groups in total. The third-order valence-electron chi connectivity index (χ3n) is 6.73. The molecule has 0 aliphatic carbocycles. The highest BCUT2D eigenvalue weighted by Crippen LogP contribution is 2.43. The van der Waals surface area contributed by atoms with E-state index in [0.717, 1.165) is 23.0 Å². The molecule has 3 aromatic heterocycles. The zero-order valence-electron chi connectivity index (χ0n) is 19.2. The summed E-state index contributed by atoms with van der Waals surface area (Å²) in [5.41, 5.74) is -1.05. The topological polar surface area (TPSA) is 89.3 Å². The molecule has 14 heteroatoms. The molecule has 0 unspecified atom stereocenters. The van der Waals surface area contributed by atoms with E-state index in [1.807, 2.05) is 4.90 Å². The largest absolute Gasteiger partial charge is 0.480 e. The minimum absolute atomic E-state index is 0.0139. The Kier molecular flexibility index (Phi) is 5.91. The van der Waals surface area contributed by atoms with Gasteiger partial charge in [0.15, 0.2) is 5.65 Å². The van der Waals surface area contributed by atoms with Crippen molar-refractivity contribution >= 4 is 28.7 Å². The molecule has 2 aliphatic rings. The molecule has 5 rings (SSSR count). The molecular weight excluding hydrogens is 489 g/mol. The molecule has 1 amide bonds. The Labute approximate surface area is 201 Å². The van der Waals surface area contributed by atoms with Crippen LogP contribution >= 0.6 is 0 Å². The van der Waals surface area contributed by atoms with Gasteiger partial charge in [-0.3, -0.25) is 9.69 Å². The predicted octanol–water partition coefficient (Wildman–Crippen LogP) is 3.54. The van der Waals surface area contributed by atoms with Crippen LogP contribution in [0.5, 0.6) is 5.88 Å². The van der Waals surface area contributed by atoms with E-state index >= 15 is 0 Å². The molecule has 1 spiro atoms. The molecule has 36 heavy (non-hydrogen) atoms. The van der Waals surface area contributed by atoms with Gasteiger partial charge in [0.1, 0.15) is 17.7 Å². The van der Waals surface area contributed by atoms with Gasteiger partial charge in [0.05, 0.1) is 18.9 Å². The molecule has 5 heterocycles. The maximum atomic E-state index is 13.1. The molecule has 9 nitrogen and oxygen atoms in total. The molecule has 2 fully saturated rings. The van der Waals surface area contributed by atoms with E-state index in [1.165, 1.54) is 18.2 Å². The second kappa shape index (κ2) is 8.82. The number of piperidine rings is 1. The molecule has 2 aliphatic heterocycles. The van der Waals surface area contributed by atoms with Crippen LogP contribution in [0.15, 0.2) is 24.5 Å². The van der Waals surface area contributed by atoms with Gasteiger partial charge in [0, 0.05) is 37.7 Å². The molecule has 0 radical (unpaired) electrons. The minimum atomic E-state index is -4.53. The molecule has 3 aromatic rings. The van der Waals surface area contributed by atoms with E-state index in [0.29, 0.717) is 37.3 Å². The number of nitrogens with zero attached hydrogens (tertiary/aromatic N) is 7. The second-order valence-electron chi connectivity index (χ2n) is 9.03. The fraction of sp³-hybridized carbons (Fsp3) is 0.500. The first-order valence-corrected chi connectivity index (χ1v) is 11.2. The van der Waals surface area contributed by atoms with E-state index in [4.69, 9.17) is 4.74 Å². The molecule has 0 saturated carbocycles. The lowest BCUT2D eigenvalue weighted by Gasteiger charge is -2.38. The van der Waals surface area contributed by atoms with Gasteiger partial charge < -0.3 is 9.64 Å². The minimum Gasteiger partial charge on any atom is -0.480 e. The number of pyridine rings is 1. The van der Waals surface area contributed by atoms with Crippen molar-refractivity contribution in [3.8, 4) is 5.88 Å². The van der Waals surface area contributed by atoms with E-state index in [1.54, 1.807) is 0 Å². The quantitative estimate of drug-likeness (QED) is 0.484. The summed E-state index contributed by atoms with van der Waals surface area (Å²) in [7, 11) is 1.42. The van der Waals surface area contributed by atoms with Crippen molar-refractivity contribution in [2.24, 2.45) is 5.41 Å². The first kappa shape index (κ1) is 24.1. The number of fused-ring (bicyclic) bond motifs is 1. The Bertz CT molecular complexity index is 1290. The normalized spacial score (nSPS) is 18.1. The van der Waals surface area contributed by atoms with Crippen molar-refractivity contribution in [1.29, 1.82) is 0 Å². The number of methoxy groups -OCH3 is 1. The number of ether oxygens (including phenoxy) is 1. The highest BCUT2D eigenvalue weighted by molar-refractivity contribution is 5.95. The lowest BCUT2D eigenvalue weighted by Crippen LogP contribution is -2.42. The van der Waals surface area contributed by atoms with E-state index in [-0.39, 0.29) is 36.2 Å². The van der Waals surface area contributed by atoms with Crippen molar-refractivity contribution in [2.45, 2.75) is 38.4 Å². The van der Waals surface area contributed by atoms with Crippen LogP contribution in [0.3, 0.4) is 0 Å². The fourth-order valence-electron chi connectivity index (χ4n) is 4.84. The Hall–Kier alpha value is -3.58. The van der Waals surface area contributed by atoms with Crippen LogP contribution in [0.25, 0.3) is 11.0 Å². The van der Waals surface area contributed by atoms with Gasteiger partial charge >= 0.3 is 6.18 Å². The van der Waals surface area contributed by atoms with Crippen molar-refractivity contribution in [3.63, 3.8) is 0 Å². The summed E-state index contributed by atoms with van der Waals surface area (Å²) < 4.78 is 71.7. The van der Waals surface area contributed by atoms with Gasteiger partial charge in [-0.25, -0.2) is 18.4 Å². The Morgan fingerprint density at radius 2 is 1.94 bits per heavy atom. The number of aromatic nitrogens is 5. The van der Waals surface area contributed by atoms with Crippen LogP contribution < -0.4 is 14.5 Å². The summed E-state index contributed by atoms with van der Waals surface area (Å²) in [6.07, 6.45) is -3.38. The Balaban J connectivity index is 1.34. The lowest BCUT2D eigenvalue weighted by molar-refractivity contribution is -0.137. The van der Waals surface area contributed by atoms with Gasteiger partial charge in [0.2, 0.25) is 17.7 Å². The second-order valence-corrected chi connectivity index (χ2v) is 9.03. The molecule has 0 aromatic carbocycles. The van der Waals surface area contributed by atoms with E-state index in [9.17, 15) is 26.7 Å². The van der Waals surface area contributed by atoms with Crippen LogP contribution in [0.4, 0.5) is 33.7 Å². The summed E-state index contributed by atoms with van der Waals surface area (Å²) >= 11 is 0. The Morgan fingerprint density at radius 1 is 1.19 bits per heavy atom. The van der Waals surface area contributed by atoms with Crippen LogP contribution in [0, 0.1) is 5.41 Å². The number of carbonyl (C=O) groups excluding carboxylic acids is 1. The predicted molar refractivity (Wildman–Crippen MR) is 118 cm³/mol. The van der Waals surface area contributed by atoms with Gasteiger partial charge in [-0.05, 0) is 25.0 Å². The standard InChI is InChI=1S/C22H22F5N7O2/c1-36-19-14-10-29-34(11-15(23)24)18(14)30-20(31-19)32-6-3-21(4-7-32)9-17(35)33(12-21)16-8-13(2-5-28-16)22(25,26)27/h2,5,8,10,15H,3-4,6-7,9,11-12H2,1H3. The highest BCUT2D eigenvalue weighted by atomic mass is 19.4. The summed E-state index contributed by atoms with van der Waals surface area (Å²) in [4.78, 5) is 28.8. The number of anilines is 2. The van der Waals surface area contributed by atoms with E-state index < -0.39 is 30.1 Å².